The number of carboxylic acids is 1. The maximum atomic E-state index is 13.2. The van der Waals surface area contributed by atoms with Gasteiger partial charge < -0.3 is 10.4 Å². The zero-order chi connectivity index (χ0) is 15.9. The van der Waals surface area contributed by atoms with Crippen molar-refractivity contribution in [3.05, 3.63) is 42.0 Å². The van der Waals surface area contributed by atoms with Gasteiger partial charge in [-0.15, -0.1) is 0 Å². The van der Waals surface area contributed by atoms with E-state index in [1.54, 1.807) is 0 Å². The lowest BCUT2D eigenvalue weighted by atomic mass is 9.62. The number of aliphatic carboxylic acids is 1. The fourth-order valence-electron chi connectivity index (χ4n) is 3.49. The van der Waals surface area contributed by atoms with Gasteiger partial charge in [0.1, 0.15) is 0 Å². The molecule has 2 N–H and O–H groups in total. The van der Waals surface area contributed by atoms with E-state index in [1.807, 2.05) is 12.2 Å². The summed E-state index contributed by atoms with van der Waals surface area (Å²) in [4.78, 5) is 23.9. The van der Waals surface area contributed by atoms with Crippen LogP contribution >= 0.6 is 0 Å². The van der Waals surface area contributed by atoms with Crippen LogP contribution < -0.4 is 5.32 Å². The number of hydrogen-bond acceptors (Lipinski definition) is 2. The summed E-state index contributed by atoms with van der Waals surface area (Å²) < 4.78 is 26.1. The number of amides is 1. The Balaban J connectivity index is 1.82. The van der Waals surface area contributed by atoms with Gasteiger partial charge in [0.05, 0.1) is 11.8 Å². The first-order valence-electron chi connectivity index (χ1n) is 7.14. The molecule has 4 rings (SSSR count). The molecule has 1 aromatic carbocycles. The molecule has 6 heteroatoms. The topological polar surface area (TPSA) is 66.4 Å². The van der Waals surface area contributed by atoms with Crippen molar-refractivity contribution in [3.63, 3.8) is 0 Å². The molecular formula is C16H15F2NO3. The smallest absolute Gasteiger partial charge is 0.307 e. The fraction of sp³-hybridized carbons (Fsp3) is 0.375. The van der Waals surface area contributed by atoms with Crippen molar-refractivity contribution in [3.8, 4) is 0 Å². The molecule has 0 heterocycles. The van der Waals surface area contributed by atoms with Gasteiger partial charge >= 0.3 is 5.97 Å². The van der Waals surface area contributed by atoms with E-state index in [0.29, 0.717) is 0 Å². The van der Waals surface area contributed by atoms with Crippen LogP contribution in [0.5, 0.6) is 0 Å². The normalized spacial score (nSPS) is 29.4. The van der Waals surface area contributed by atoms with Gasteiger partial charge in [0.2, 0.25) is 5.91 Å². The molecule has 3 aliphatic rings. The molecule has 1 amide bonds. The highest BCUT2D eigenvalue weighted by Crippen LogP contribution is 2.45. The average Bonchev–Trinajstić information content (AvgIpc) is 2.51. The Bertz CT molecular complexity index is 659. The molecule has 0 saturated heterocycles. The third-order valence-corrected chi connectivity index (χ3v) is 4.52. The van der Waals surface area contributed by atoms with Gasteiger partial charge in [0, 0.05) is 11.8 Å². The van der Waals surface area contributed by atoms with Crippen molar-refractivity contribution in [2.45, 2.75) is 12.8 Å². The third-order valence-electron chi connectivity index (χ3n) is 4.52. The number of rotatable bonds is 3. The summed E-state index contributed by atoms with van der Waals surface area (Å²) in [5.74, 6) is -5.25. The van der Waals surface area contributed by atoms with Crippen molar-refractivity contribution >= 4 is 17.6 Å². The number of nitrogens with one attached hydrogen (secondary N) is 1. The Hall–Kier alpha value is -2.24. The molecule has 22 heavy (non-hydrogen) atoms. The Morgan fingerprint density at radius 2 is 1.68 bits per heavy atom. The predicted molar refractivity (Wildman–Crippen MR) is 75.0 cm³/mol. The Morgan fingerprint density at radius 1 is 1.05 bits per heavy atom. The molecular weight excluding hydrogens is 292 g/mol. The van der Waals surface area contributed by atoms with Crippen molar-refractivity contribution in [1.82, 2.24) is 0 Å². The quantitative estimate of drug-likeness (QED) is 0.844. The molecule has 0 radical (unpaired) electrons. The van der Waals surface area contributed by atoms with Crippen LogP contribution in [0.15, 0.2) is 30.4 Å². The minimum atomic E-state index is -1.06. The number of benzene rings is 1. The molecule has 4 atom stereocenters. The summed E-state index contributed by atoms with van der Waals surface area (Å²) in [5, 5.41) is 11.9. The summed E-state index contributed by atoms with van der Waals surface area (Å²) in [6.07, 6.45) is 5.28. The molecule has 0 aromatic heterocycles. The van der Waals surface area contributed by atoms with E-state index < -0.39 is 35.3 Å². The van der Waals surface area contributed by atoms with Crippen LogP contribution in [0.3, 0.4) is 0 Å². The van der Waals surface area contributed by atoms with Gasteiger partial charge in [-0.2, -0.15) is 0 Å². The number of carbonyl (C=O) groups excluding carboxylic acids is 1. The number of anilines is 1. The second kappa shape index (κ2) is 5.51. The lowest BCUT2D eigenvalue weighted by molar-refractivity contribution is -0.151. The van der Waals surface area contributed by atoms with Crippen molar-refractivity contribution in [2.75, 3.05) is 5.32 Å². The molecule has 3 aliphatic carbocycles. The number of halogens is 2. The first-order chi connectivity index (χ1) is 10.5. The van der Waals surface area contributed by atoms with Crippen LogP contribution in [-0.2, 0) is 9.59 Å². The second-order valence-electron chi connectivity index (χ2n) is 5.80. The third kappa shape index (κ3) is 2.49. The van der Waals surface area contributed by atoms with E-state index in [4.69, 9.17) is 0 Å². The van der Waals surface area contributed by atoms with Crippen LogP contribution in [0.4, 0.5) is 14.5 Å². The molecule has 1 aromatic rings. The number of carboxylic acid groups (broad SMARTS) is 1. The minimum Gasteiger partial charge on any atom is -0.481 e. The zero-order valence-electron chi connectivity index (χ0n) is 11.6. The maximum absolute atomic E-state index is 13.2. The minimum absolute atomic E-state index is 0.124. The fourth-order valence-corrected chi connectivity index (χ4v) is 3.49. The molecule has 0 spiro atoms. The highest BCUT2D eigenvalue weighted by molar-refractivity contribution is 5.96. The lowest BCUT2D eigenvalue weighted by Crippen LogP contribution is -2.47. The maximum Gasteiger partial charge on any atom is 0.307 e. The molecule has 1 saturated carbocycles. The molecule has 2 bridgehead atoms. The van der Waals surface area contributed by atoms with Gasteiger partial charge in [0.25, 0.3) is 0 Å². The summed E-state index contributed by atoms with van der Waals surface area (Å²) in [5.41, 5.74) is 0.124. The van der Waals surface area contributed by atoms with Gasteiger partial charge in [-0.25, -0.2) is 8.78 Å². The van der Waals surface area contributed by atoms with Gasteiger partial charge in [-0.05, 0) is 36.8 Å². The average molecular weight is 307 g/mol. The zero-order valence-corrected chi connectivity index (χ0v) is 11.6. The van der Waals surface area contributed by atoms with E-state index in [2.05, 4.69) is 5.32 Å². The monoisotopic (exact) mass is 307 g/mol. The van der Waals surface area contributed by atoms with Crippen LogP contribution in [0.2, 0.25) is 0 Å². The van der Waals surface area contributed by atoms with E-state index >= 15 is 0 Å². The van der Waals surface area contributed by atoms with E-state index in [9.17, 15) is 23.5 Å². The largest absolute Gasteiger partial charge is 0.481 e. The summed E-state index contributed by atoms with van der Waals surface area (Å²) in [6.45, 7) is 0. The number of carbonyl (C=O) groups is 2. The van der Waals surface area contributed by atoms with Crippen molar-refractivity contribution in [2.24, 2.45) is 23.7 Å². The Labute approximate surface area is 125 Å². The highest BCUT2D eigenvalue weighted by atomic mass is 19.2. The molecule has 4 nitrogen and oxygen atoms in total. The molecule has 0 aliphatic heterocycles. The Kier molecular flexibility index (Phi) is 3.68. The van der Waals surface area contributed by atoms with E-state index in [1.165, 1.54) is 6.07 Å². The standard InChI is InChI=1S/C16H15F2NO3/c17-11-6-5-10(7-12(11)18)19-15(20)13-8-1-3-9(4-2-8)14(13)16(21)22/h1,3,5-9,13-14H,2,4H2,(H,19,20)(H,21,22)/t8-,9-,13+,14-/m0/s1. The SMILES string of the molecule is O=C(O)[C@@H]1[C@H](C(=O)Nc2ccc(F)c(F)c2)[C@H]2C=C[C@H]1CC2. The first kappa shape index (κ1) is 14.7. The molecule has 116 valence electrons. The number of allylic oxidation sites excluding steroid dienone is 2. The lowest BCUT2D eigenvalue weighted by Gasteiger charge is -2.41. The highest BCUT2D eigenvalue weighted by Gasteiger charge is 2.48. The second-order valence-corrected chi connectivity index (χ2v) is 5.80. The van der Waals surface area contributed by atoms with Crippen LogP contribution in [0, 0.1) is 35.3 Å². The summed E-state index contributed by atoms with van der Waals surface area (Å²) in [6, 6.07) is 3.06. The number of hydrogen-bond donors (Lipinski definition) is 2. The molecule has 0 unspecified atom stereocenters. The summed E-state index contributed by atoms with van der Waals surface area (Å²) in [7, 11) is 0. The Morgan fingerprint density at radius 3 is 2.23 bits per heavy atom. The van der Waals surface area contributed by atoms with Gasteiger partial charge in [-0.3, -0.25) is 9.59 Å². The van der Waals surface area contributed by atoms with Crippen LogP contribution in [0.25, 0.3) is 0 Å². The van der Waals surface area contributed by atoms with Crippen LogP contribution in [-0.4, -0.2) is 17.0 Å². The first-order valence-corrected chi connectivity index (χ1v) is 7.14. The van der Waals surface area contributed by atoms with E-state index in [0.717, 1.165) is 25.0 Å². The predicted octanol–water partition coefficient (Wildman–Crippen LogP) is 2.82. The van der Waals surface area contributed by atoms with Gasteiger partial charge in [-0.1, -0.05) is 12.2 Å². The van der Waals surface area contributed by atoms with Crippen LogP contribution in [0.1, 0.15) is 12.8 Å². The van der Waals surface area contributed by atoms with Crippen molar-refractivity contribution in [1.29, 1.82) is 0 Å². The van der Waals surface area contributed by atoms with E-state index in [-0.39, 0.29) is 17.5 Å². The van der Waals surface area contributed by atoms with Gasteiger partial charge in [0.15, 0.2) is 11.6 Å². The summed E-state index contributed by atoms with van der Waals surface area (Å²) >= 11 is 0. The number of fused-ring (bicyclic) bond motifs is 2. The molecule has 1 fully saturated rings. The van der Waals surface area contributed by atoms with Crippen molar-refractivity contribution < 1.29 is 23.5 Å².